The summed E-state index contributed by atoms with van der Waals surface area (Å²) in [7, 11) is 1.75. The van der Waals surface area contributed by atoms with Crippen molar-refractivity contribution in [2.75, 3.05) is 33.4 Å². The molecule has 2 aliphatic heterocycles. The zero-order valence-electron chi connectivity index (χ0n) is 12.5. The number of likely N-dealkylation sites (N-methyl/N-ethyl adjacent to an activating group) is 1. The maximum absolute atomic E-state index is 13.3. The number of benzene rings is 1. The lowest BCUT2D eigenvalue weighted by Crippen LogP contribution is -2.54. The van der Waals surface area contributed by atoms with Gasteiger partial charge in [0.1, 0.15) is 12.4 Å². The Kier molecular flexibility index (Phi) is 4.11. The molecule has 5 nitrogen and oxygen atoms in total. The number of nitrogens with zero attached hydrogens (tertiary/aromatic N) is 2. The minimum Gasteiger partial charge on any atom is -0.371 e. The molecule has 2 heterocycles. The van der Waals surface area contributed by atoms with Crippen molar-refractivity contribution in [3.8, 4) is 0 Å². The van der Waals surface area contributed by atoms with Crippen LogP contribution in [0.5, 0.6) is 0 Å². The van der Waals surface area contributed by atoms with Crippen LogP contribution in [-0.2, 0) is 9.53 Å². The average molecular weight is 306 g/mol. The molecule has 2 atom stereocenters. The molecule has 0 spiro atoms. The molecule has 22 heavy (non-hydrogen) atoms. The van der Waals surface area contributed by atoms with Crippen LogP contribution >= 0.6 is 0 Å². The predicted molar refractivity (Wildman–Crippen MR) is 77.8 cm³/mol. The van der Waals surface area contributed by atoms with Gasteiger partial charge in [0.05, 0.1) is 12.6 Å². The van der Waals surface area contributed by atoms with Gasteiger partial charge in [-0.3, -0.25) is 9.59 Å². The van der Waals surface area contributed by atoms with Crippen molar-refractivity contribution in [2.24, 2.45) is 5.92 Å². The summed E-state index contributed by atoms with van der Waals surface area (Å²) in [4.78, 5) is 27.8. The van der Waals surface area contributed by atoms with E-state index in [1.165, 1.54) is 18.2 Å². The third-order valence-corrected chi connectivity index (χ3v) is 4.53. The highest BCUT2D eigenvalue weighted by molar-refractivity contribution is 5.94. The molecule has 2 saturated heterocycles. The number of piperidine rings is 1. The number of fused-ring (bicyclic) bond motifs is 1. The number of carbonyl (C=O) groups is 2. The van der Waals surface area contributed by atoms with Crippen LogP contribution in [0.15, 0.2) is 24.3 Å². The quantitative estimate of drug-likeness (QED) is 0.782. The van der Waals surface area contributed by atoms with Crippen LogP contribution in [0, 0.1) is 11.7 Å². The molecule has 2 fully saturated rings. The van der Waals surface area contributed by atoms with Gasteiger partial charge in [-0.05, 0) is 24.6 Å². The Balaban J connectivity index is 1.77. The van der Waals surface area contributed by atoms with Gasteiger partial charge in [0, 0.05) is 31.6 Å². The second kappa shape index (κ2) is 6.04. The number of hydrogen-bond donors (Lipinski definition) is 0. The highest BCUT2D eigenvalue weighted by Gasteiger charge is 2.37. The first-order chi connectivity index (χ1) is 10.6. The molecule has 0 aliphatic carbocycles. The Bertz CT molecular complexity index is 593. The van der Waals surface area contributed by atoms with Crippen molar-refractivity contribution >= 4 is 11.8 Å². The summed E-state index contributed by atoms with van der Waals surface area (Å²) in [6, 6.07) is 5.67. The van der Waals surface area contributed by atoms with Gasteiger partial charge in [-0.2, -0.15) is 0 Å². The molecule has 1 aromatic carbocycles. The Hall–Kier alpha value is -1.95. The molecule has 0 saturated carbocycles. The fourth-order valence-corrected chi connectivity index (χ4v) is 3.19. The SMILES string of the molecule is CN1C(=O)COC[C@@H]2CCN(C(=O)c3cccc(F)c3)C[C@@H]21. The Labute approximate surface area is 128 Å². The van der Waals surface area contributed by atoms with E-state index in [2.05, 4.69) is 0 Å². The minimum atomic E-state index is -0.420. The first kappa shape index (κ1) is 15.0. The summed E-state index contributed by atoms with van der Waals surface area (Å²) in [6.45, 7) is 1.71. The lowest BCUT2D eigenvalue weighted by Gasteiger charge is -2.41. The van der Waals surface area contributed by atoms with Gasteiger partial charge in [0.15, 0.2) is 0 Å². The van der Waals surface area contributed by atoms with Crippen molar-refractivity contribution in [1.82, 2.24) is 9.80 Å². The molecule has 118 valence electrons. The van der Waals surface area contributed by atoms with Gasteiger partial charge in [0.2, 0.25) is 5.91 Å². The molecule has 0 aromatic heterocycles. The maximum atomic E-state index is 13.3. The topological polar surface area (TPSA) is 49.9 Å². The van der Waals surface area contributed by atoms with E-state index in [0.717, 1.165) is 6.42 Å². The number of rotatable bonds is 1. The van der Waals surface area contributed by atoms with Gasteiger partial charge in [-0.25, -0.2) is 4.39 Å². The minimum absolute atomic E-state index is 0.0405. The van der Waals surface area contributed by atoms with E-state index in [-0.39, 0.29) is 30.4 Å². The first-order valence-corrected chi connectivity index (χ1v) is 7.44. The van der Waals surface area contributed by atoms with Crippen molar-refractivity contribution in [3.63, 3.8) is 0 Å². The van der Waals surface area contributed by atoms with E-state index in [1.54, 1.807) is 22.9 Å². The van der Waals surface area contributed by atoms with Crippen molar-refractivity contribution in [2.45, 2.75) is 12.5 Å². The zero-order chi connectivity index (χ0) is 15.7. The molecular formula is C16H19FN2O3. The number of likely N-dealkylation sites (tertiary alicyclic amines) is 1. The van der Waals surface area contributed by atoms with E-state index in [9.17, 15) is 14.0 Å². The molecule has 3 rings (SSSR count). The van der Waals surface area contributed by atoms with Crippen LogP contribution in [0.2, 0.25) is 0 Å². The highest BCUT2D eigenvalue weighted by Crippen LogP contribution is 2.25. The highest BCUT2D eigenvalue weighted by atomic mass is 19.1. The summed E-state index contributed by atoms with van der Waals surface area (Å²) < 4.78 is 18.7. The van der Waals surface area contributed by atoms with E-state index >= 15 is 0 Å². The predicted octanol–water partition coefficient (Wildman–Crippen LogP) is 1.14. The number of hydrogen-bond acceptors (Lipinski definition) is 3. The molecule has 0 N–H and O–H groups in total. The molecule has 2 aliphatic rings. The van der Waals surface area contributed by atoms with Crippen molar-refractivity contribution < 1.29 is 18.7 Å². The molecule has 1 aromatic rings. The molecule has 6 heteroatoms. The van der Waals surface area contributed by atoms with E-state index in [1.807, 2.05) is 0 Å². The second-order valence-corrected chi connectivity index (χ2v) is 5.90. The summed E-state index contributed by atoms with van der Waals surface area (Å²) in [5, 5.41) is 0. The molecule has 0 bridgehead atoms. The summed E-state index contributed by atoms with van der Waals surface area (Å²) in [6.07, 6.45) is 0.781. The van der Waals surface area contributed by atoms with Crippen molar-refractivity contribution in [1.29, 1.82) is 0 Å². The Morgan fingerprint density at radius 3 is 3.00 bits per heavy atom. The molecule has 0 unspecified atom stereocenters. The van der Waals surface area contributed by atoms with Crippen LogP contribution in [0.1, 0.15) is 16.8 Å². The van der Waals surface area contributed by atoms with Crippen LogP contribution in [0.4, 0.5) is 4.39 Å². The lowest BCUT2D eigenvalue weighted by molar-refractivity contribution is -0.134. The van der Waals surface area contributed by atoms with Crippen LogP contribution < -0.4 is 0 Å². The van der Waals surface area contributed by atoms with Crippen molar-refractivity contribution in [3.05, 3.63) is 35.6 Å². The maximum Gasteiger partial charge on any atom is 0.254 e. The molecule has 0 radical (unpaired) electrons. The van der Waals surface area contributed by atoms with Gasteiger partial charge < -0.3 is 14.5 Å². The fraction of sp³-hybridized carbons (Fsp3) is 0.500. The van der Waals surface area contributed by atoms with Gasteiger partial charge >= 0.3 is 0 Å². The smallest absolute Gasteiger partial charge is 0.254 e. The van der Waals surface area contributed by atoms with Gasteiger partial charge in [0.25, 0.3) is 5.91 Å². The van der Waals surface area contributed by atoms with Crippen LogP contribution in [0.25, 0.3) is 0 Å². The lowest BCUT2D eigenvalue weighted by atomic mass is 9.91. The first-order valence-electron chi connectivity index (χ1n) is 7.44. The summed E-state index contributed by atoms with van der Waals surface area (Å²) >= 11 is 0. The number of carbonyl (C=O) groups excluding carboxylic acids is 2. The number of amides is 2. The van der Waals surface area contributed by atoms with E-state index < -0.39 is 5.82 Å². The number of halogens is 1. The largest absolute Gasteiger partial charge is 0.371 e. The third-order valence-electron chi connectivity index (χ3n) is 4.53. The zero-order valence-corrected chi connectivity index (χ0v) is 12.5. The second-order valence-electron chi connectivity index (χ2n) is 5.90. The standard InChI is InChI=1S/C16H19FN2O3/c1-18-14-8-19(6-5-12(14)9-22-10-15(18)20)16(21)11-3-2-4-13(17)7-11/h2-4,7,12,14H,5-6,8-10H2,1H3/t12-,14-/m0/s1. The molecule has 2 amide bonds. The third kappa shape index (κ3) is 2.83. The Morgan fingerprint density at radius 2 is 2.23 bits per heavy atom. The Morgan fingerprint density at radius 1 is 1.41 bits per heavy atom. The van der Waals surface area contributed by atoms with E-state index in [0.29, 0.717) is 25.3 Å². The number of ether oxygens (including phenoxy) is 1. The van der Waals surface area contributed by atoms with Crippen LogP contribution in [0.3, 0.4) is 0 Å². The van der Waals surface area contributed by atoms with Gasteiger partial charge in [-0.1, -0.05) is 6.07 Å². The molecular weight excluding hydrogens is 287 g/mol. The summed E-state index contributed by atoms with van der Waals surface area (Å²) in [5.41, 5.74) is 0.345. The normalized spacial score (nSPS) is 25.6. The summed E-state index contributed by atoms with van der Waals surface area (Å²) in [5.74, 6) is -0.430. The fourth-order valence-electron chi connectivity index (χ4n) is 3.19. The van der Waals surface area contributed by atoms with Crippen LogP contribution in [-0.4, -0.2) is 61.0 Å². The average Bonchev–Trinajstić information content (AvgIpc) is 2.66. The van der Waals surface area contributed by atoms with E-state index in [4.69, 9.17) is 4.74 Å². The monoisotopic (exact) mass is 306 g/mol. The van der Waals surface area contributed by atoms with Gasteiger partial charge in [-0.15, -0.1) is 0 Å².